The molecule has 0 N–H and O–H groups in total. The van der Waals surface area contributed by atoms with Gasteiger partial charge < -0.3 is 0 Å². The molecule has 6 rings (SSSR count). The van der Waals surface area contributed by atoms with Gasteiger partial charge in [0.15, 0.2) is 0 Å². The predicted octanol–water partition coefficient (Wildman–Crippen LogP) is 3.53. The summed E-state index contributed by atoms with van der Waals surface area (Å²) in [5.74, 6) is 0.0633. The normalized spacial score (nSPS) is 16.3. The number of carbonyl (C=O) groups excluding carboxylic acids is 3. The predicted molar refractivity (Wildman–Crippen MR) is 110 cm³/mol. The van der Waals surface area contributed by atoms with Crippen molar-refractivity contribution in [1.29, 1.82) is 0 Å². The number of benzene rings is 3. The third-order valence-corrected chi connectivity index (χ3v) is 5.82. The van der Waals surface area contributed by atoms with Crippen LogP contribution in [0.2, 0.25) is 0 Å². The van der Waals surface area contributed by atoms with Crippen LogP contribution in [0, 0.1) is 0 Å². The zero-order chi connectivity index (χ0) is 20.4. The Morgan fingerprint density at radius 2 is 1.33 bits per heavy atom. The minimum atomic E-state index is -0.277. The first kappa shape index (κ1) is 16.9. The summed E-state index contributed by atoms with van der Waals surface area (Å²) in [6.07, 6.45) is 0. The van der Waals surface area contributed by atoms with Gasteiger partial charge in [-0.3, -0.25) is 24.2 Å². The Bertz CT molecular complexity index is 1290. The van der Waals surface area contributed by atoms with Crippen LogP contribution in [0.25, 0.3) is 0 Å². The van der Waals surface area contributed by atoms with Crippen molar-refractivity contribution in [3.8, 4) is 0 Å². The zero-order valence-corrected chi connectivity index (χ0v) is 15.8. The van der Waals surface area contributed by atoms with Crippen molar-refractivity contribution < 1.29 is 14.4 Å². The Labute approximate surface area is 172 Å². The maximum atomic E-state index is 12.7. The molecular weight excluding hydrogens is 378 g/mol. The molecule has 0 spiro atoms. The second-order valence-electron chi connectivity index (χ2n) is 7.58. The summed E-state index contributed by atoms with van der Waals surface area (Å²) < 4.78 is 0. The molecule has 6 nitrogen and oxygen atoms in total. The highest BCUT2D eigenvalue weighted by atomic mass is 16.2. The lowest BCUT2D eigenvalue weighted by Crippen LogP contribution is -2.32. The average molecular weight is 393 g/mol. The monoisotopic (exact) mass is 393 g/mol. The maximum absolute atomic E-state index is 12.7. The van der Waals surface area contributed by atoms with Crippen LogP contribution in [-0.4, -0.2) is 33.4 Å². The van der Waals surface area contributed by atoms with E-state index in [2.05, 4.69) is 0 Å². The molecule has 3 aromatic rings. The van der Waals surface area contributed by atoms with Crippen molar-refractivity contribution in [3.05, 3.63) is 100 Å². The molecular formula is C24H15N3O3. The van der Waals surface area contributed by atoms with Crippen LogP contribution in [0.1, 0.15) is 47.8 Å². The topological polar surface area (TPSA) is 70.0 Å². The van der Waals surface area contributed by atoms with E-state index in [1.807, 2.05) is 42.5 Å². The highest BCUT2D eigenvalue weighted by Crippen LogP contribution is 2.35. The number of hydrogen-bond acceptors (Lipinski definition) is 4. The second kappa shape index (κ2) is 5.97. The molecule has 30 heavy (non-hydrogen) atoms. The van der Waals surface area contributed by atoms with Gasteiger partial charge in [-0.15, -0.1) is 0 Å². The molecule has 144 valence electrons. The van der Waals surface area contributed by atoms with Crippen molar-refractivity contribution >= 4 is 29.2 Å². The van der Waals surface area contributed by atoms with E-state index in [4.69, 9.17) is 4.99 Å². The smallest absolute Gasteiger partial charge is 0.261 e. The molecule has 0 aromatic heterocycles. The fraction of sp³-hybridized carbons (Fsp3) is 0.0833. The van der Waals surface area contributed by atoms with Crippen LogP contribution < -0.4 is 0 Å². The molecule has 0 bridgehead atoms. The van der Waals surface area contributed by atoms with Crippen LogP contribution in [-0.2, 0) is 13.1 Å². The third kappa shape index (κ3) is 2.24. The van der Waals surface area contributed by atoms with Gasteiger partial charge in [-0.25, -0.2) is 4.99 Å². The highest BCUT2D eigenvalue weighted by Gasteiger charge is 2.37. The number of fused-ring (bicyclic) bond motifs is 5. The first-order valence-corrected chi connectivity index (χ1v) is 9.69. The molecule has 0 saturated carbocycles. The quantitative estimate of drug-likeness (QED) is 0.626. The number of hydrogen-bond donors (Lipinski definition) is 0. The molecule has 6 heteroatoms. The van der Waals surface area contributed by atoms with Crippen LogP contribution in [0.5, 0.6) is 0 Å². The average Bonchev–Trinajstić information content (AvgIpc) is 3.19. The maximum Gasteiger partial charge on any atom is 0.261 e. The molecule has 3 aliphatic heterocycles. The fourth-order valence-corrected chi connectivity index (χ4v) is 4.31. The number of nitrogens with zero attached hydrogens (tertiary/aromatic N) is 3. The van der Waals surface area contributed by atoms with Gasteiger partial charge in [-0.2, -0.15) is 0 Å². The Hall–Kier alpha value is -4.06. The van der Waals surface area contributed by atoms with E-state index in [0.29, 0.717) is 29.1 Å². The van der Waals surface area contributed by atoms with E-state index in [-0.39, 0.29) is 24.3 Å². The van der Waals surface area contributed by atoms with Gasteiger partial charge in [0.25, 0.3) is 17.7 Å². The zero-order valence-electron chi connectivity index (χ0n) is 15.8. The van der Waals surface area contributed by atoms with Gasteiger partial charge in [0, 0.05) is 5.56 Å². The first-order valence-electron chi connectivity index (χ1n) is 9.69. The van der Waals surface area contributed by atoms with E-state index < -0.39 is 0 Å². The van der Waals surface area contributed by atoms with E-state index in [1.54, 1.807) is 29.2 Å². The molecule has 0 atom stereocenters. The van der Waals surface area contributed by atoms with E-state index >= 15 is 0 Å². The van der Waals surface area contributed by atoms with Crippen molar-refractivity contribution in [2.24, 2.45) is 4.99 Å². The second-order valence-corrected chi connectivity index (χ2v) is 7.58. The van der Waals surface area contributed by atoms with Gasteiger partial charge in [0.2, 0.25) is 0 Å². The number of amidine groups is 1. The first-order chi connectivity index (χ1) is 14.6. The number of rotatable bonds is 2. The highest BCUT2D eigenvalue weighted by molar-refractivity contribution is 6.24. The Balaban J connectivity index is 1.35. The van der Waals surface area contributed by atoms with Crippen molar-refractivity contribution in [3.63, 3.8) is 0 Å². The molecule has 0 fully saturated rings. The molecule has 0 radical (unpaired) electrons. The largest absolute Gasteiger partial charge is 0.288 e. The summed E-state index contributed by atoms with van der Waals surface area (Å²) in [7, 11) is 0. The van der Waals surface area contributed by atoms with Crippen molar-refractivity contribution in [2.75, 3.05) is 0 Å². The van der Waals surface area contributed by atoms with Crippen LogP contribution in [0.4, 0.5) is 5.69 Å². The summed E-state index contributed by atoms with van der Waals surface area (Å²) in [5.41, 5.74) is 4.90. The van der Waals surface area contributed by atoms with Crippen LogP contribution in [0.3, 0.4) is 0 Å². The Morgan fingerprint density at radius 1 is 0.733 bits per heavy atom. The molecule has 3 heterocycles. The minimum Gasteiger partial charge on any atom is -0.288 e. The number of amides is 3. The minimum absolute atomic E-state index is 0.0369. The van der Waals surface area contributed by atoms with Gasteiger partial charge in [-0.1, -0.05) is 42.5 Å². The van der Waals surface area contributed by atoms with Gasteiger partial charge in [-0.05, 0) is 35.4 Å². The molecule has 0 unspecified atom stereocenters. The molecule has 0 aliphatic carbocycles. The Morgan fingerprint density at radius 3 is 2.00 bits per heavy atom. The summed E-state index contributed by atoms with van der Waals surface area (Å²) in [4.78, 5) is 45.7. The van der Waals surface area contributed by atoms with Gasteiger partial charge in [0.05, 0.1) is 35.5 Å². The number of aliphatic imine (C=N–C) groups is 1. The molecule has 3 amide bonds. The van der Waals surface area contributed by atoms with Crippen molar-refractivity contribution in [1.82, 2.24) is 9.80 Å². The van der Waals surface area contributed by atoms with E-state index in [9.17, 15) is 14.4 Å². The summed E-state index contributed by atoms with van der Waals surface area (Å²) in [6, 6.07) is 20.0. The van der Waals surface area contributed by atoms with Crippen molar-refractivity contribution in [2.45, 2.75) is 13.1 Å². The lowest BCUT2D eigenvalue weighted by molar-refractivity contribution is 0.0641. The van der Waals surface area contributed by atoms with Crippen LogP contribution >= 0.6 is 0 Å². The standard InChI is InChI=1S/C24H15N3O3/c28-22-17-6-2-1-5-16(17)21-25-20-11-14(9-10-15(20)13-26(21)22)12-27-23(29)18-7-3-4-8-19(18)24(27)30/h1-11H,12-13H2. The van der Waals surface area contributed by atoms with E-state index in [0.717, 1.165) is 22.4 Å². The van der Waals surface area contributed by atoms with Crippen LogP contribution in [0.15, 0.2) is 71.7 Å². The molecule has 3 aliphatic rings. The summed E-state index contributed by atoms with van der Waals surface area (Å²) >= 11 is 0. The number of imide groups is 1. The lowest BCUT2D eigenvalue weighted by atomic mass is 10.1. The lowest BCUT2D eigenvalue weighted by Gasteiger charge is -2.24. The van der Waals surface area contributed by atoms with E-state index in [1.165, 1.54) is 4.90 Å². The molecule has 3 aromatic carbocycles. The van der Waals surface area contributed by atoms with Gasteiger partial charge >= 0.3 is 0 Å². The third-order valence-electron chi connectivity index (χ3n) is 5.82. The fourth-order valence-electron chi connectivity index (χ4n) is 4.31. The summed E-state index contributed by atoms with van der Waals surface area (Å²) in [6.45, 7) is 0.638. The Kier molecular flexibility index (Phi) is 3.35. The summed E-state index contributed by atoms with van der Waals surface area (Å²) in [5, 5.41) is 0. The number of carbonyl (C=O) groups is 3. The molecule has 0 saturated heterocycles. The SMILES string of the molecule is O=C1c2ccccc2C(=O)N1Cc1ccc2c(c1)N=C1c3ccccc3C(=O)N1C2. The van der Waals surface area contributed by atoms with Gasteiger partial charge in [0.1, 0.15) is 5.84 Å².